The van der Waals surface area contributed by atoms with E-state index in [2.05, 4.69) is 31.9 Å². The zero-order valence-electron chi connectivity index (χ0n) is 8.79. The first kappa shape index (κ1) is 13.2. The number of nitrogens with two attached hydrogens (primary N) is 1. The molecule has 2 aromatic rings. The second kappa shape index (κ2) is 5.61. The molecule has 0 radical (unpaired) electrons. The quantitative estimate of drug-likeness (QED) is 0.826. The van der Waals surface area contributed by atoms with Gasteiger partial charge in [-0.25, -0.2) is 4.39 Å². The minimum Gasteiger partial charge on any atom is -0.323 e. The van der Waals surface area contributed by atoms with Crippen LogP contribution in [0.4, 0.5) is 4.39 Å². The zero-order chi connectivity index (χ0) is 12.4. The van der Waals surface area contributed by atoms with Gasteiger partial charge in [0.2, 0.25) is 0 Å². The Kier molecular flexibility index (Phi) is 4.36. The van der Waals surface area contributed by atoms with Crippen molar-refractivity contribution in [3.8, 4) is 0 Å². The van der Waals surface area contributed by atoms with Crippen LogP contribution < -0.4 is 5.73 Å². The molecule has 0 aliphatic rings. The summed E-state index contributed by atoms with van der Waals surface area (Å²) in [4.78, 5) is 1.08. The summed E-state index contributed by atoms with van der Waals surface area (Å²) in [5, 5.41) is 1.99. The van der Waals surface area contributed by atoms with Gasteiger partial charge in [-0.1, -0.05) is 15.9 Å². The third kappa shape index (κ3) is 3.16. The Bertz CT molecular complexity index is 527. The second-order valence-electron chi connectivity index (χ2n) is 3.68. The topological polar surface area (TPSA) is 26.0 Å². The first-order chi connectivity index (χ1) is 8.08. The zero-order valence-corrected chi connectivity index (χ0v) is 12.8. The predicted molar refractivity (Wildman–Crippen MR) is 76.8 cm³/mol. The smallest absolute Gasteiger partial charge is 0.123 e. The Morgan fingerprint density at radius 1 is 1.24 bits per heavy atom. The van der Waals surface area contributed by atoms with Gasteiger partial charge in [-0.05, 0) is 57.6 Å². The summed E-state index contributed by atoms with van der Waals surface area (Å²) in [5.74, 6) is -0.236. The summed E-state index contributed by atoms with van der Waals surface area (Å²) in [6, 6.07) is 6.51. The average Bonchev–Trinajstić information content (AvgIpc) is 2.70. The monoisotopic (exact) mass is 377 g/mol. The molecule has 0 aliphatic carbocycles. The van der Waals surface area contributed by atoms with E-state index in [1.807, 2.05) is 11.4 Å². The molecule has 90 valence electrons. The van der Waals surface area contributed by atoms with Gasteiger partial charge in [0.1, 0.15) is 5.82 Å². The Morgan fingerprint density at radius 2 is 2.00 bits per heavy atom. The summed E-state index contributed by atoms with van der Waals surface area (Å²) in [5.41, 5.74) is 7.02. The highest BCUT2D eigenvalue weighted by molar-refractivity contribution is 9.10. The molecular weight excluding hydrogens is 369 g/mol. The minimum atomic E-state index is -0.236. The fraction of sp³-hybridized carbons (Fsp3) is 0.167. The van der Waals surface area contributed by atoms with Crippen LogP contribution in [0.25, 0.3) is 0 Å². The Morgan fingerprint density at radius 3 is 2.65 bits per heavy atom. The van der Waals surface area contributed by atoms with Gasteiger partial charge in [0.25, 0.3) is 0 Å². The van der Waals surface area contributed by atoms with Gasteiger partial charge in [-0.15, -0.1) is 11.3 Å². The molecule has 1 aromatic carbocycles. The van der Waals surface area contributed by atoms with E-state index in [4.69, 9.17) is 5.73 Å². The van der Waals surface area contributed by atoms with Gasteiger partial charge in [0.15, 0.2) is 0 Å². The summed E-state index contributed by atoms with van der Waals surface area (Å²) < 4.78 is 15.1. The fourth-order valence-electron chi connectivity index (χ4n) is 1.60. The van der Waals surface area contributed by atoms with Gasteiger partial charge in [0, 0.05) is 19.9 Å². The lowest BCUT2D eigenvalue weighted by atomic mass is 10.1. The van der Waals surface area contributed by atoms with Crippen LogP contribution in [0.5, 0.6) is 0 Å². The van der Waals surface area contributed by atoms with Gasteiger partial charge in [0.05, 0.1) is 0 Å². The molecular formula is C12H10Br2FNS. The van der Waals surface area contributed by atoms with E-state index in [-0.39, 0.29) is 11.9 Å². The van der Waals surface area contributed by atoms with Crippen molar-refractivity contribution in [2.24, 2.45) is 5.73 Å². The summed E-state index contributed by atoms with van der Waals surface area (Å²) in [7, 11) is 0. The van der Waals surface area contributed by atoms with E-state index in [1.54, 1.807) is 17.4 Å². The number of hydrogen-bond acceptors (Lipinski definition) is 2. The highest BCUT2D eigenvalue weighted by atomic mass is 79.9. The highest BCUT2D eigenvalue weighted by Crippen LogP contribution is 2.31. The average molecular weight is 379 g/mol. The van der Waals surface area contributed by atoms with Crippen LogP contribution in [0, 0.1) is 5.82 Å². The summed E-state index contributed by atoms with van der Waals surface area (Å²) in [6.45, 7) is 0. The van der Waals surface area contributed by atoms with Gasteiger partial charge < -0.3 is 5.73 Å². The van der Waals surface area contributed by atoms with E-state index in [9.17, 15) is 4.39 Å². The molecule has 0 bridgehead atoms. The lowest BCUT2D eigenvalue weighted by molar-refractivity contribution is 0.621. The van der Waals surface area contributed by atoms with E-state index in [1.165, 1.54) is 12.1 Å². The largest absolute Gasteiger partial charge is 0.323 e. The van der Waals surface area contributed by atoms with Crippen LogP contribution >= 0.6 is 43.2 Å². The van der Waals surface area contributed by atoms with Crippen LogP contribution in [0.2, 0.25) is 0 Å². The summed E-state index contributed by atoms with van der Waals surface area (Å²) >= 11 is 8.47. The van der Waals surface area contributed by atoms with Crippen LogP contribution in [-0.4, -0.2) is 0 Å². The molecule has 0 fully saturated rings. The predicted octanol–water partition coefficient (Wildman–Crippen LogP) is 4.65. The second-order valence-corrected chi connectivity index (χ2v) is 6.34. The fourth-order valence-corrected chi connectivity index (χ4v) is 3.68. The maximum absolute atomic E-state index is 13.2. The van der Waals surface area contributed by atoms with Crippen LogP contribution in [0.3, 0.4) is 0 Å². The van der Waals surface area contributed by atoms with E-state index >= 15 is 0 Å². The van der Waals surface area contributed by atoms with Crippen molar-refractivity contribution >= 4 is 43.2 Å². The van der Waals surface area contributed by atoms with Crippen molar-refractivity contribution in [1.82, 2.24) is 0 Å². The Balaban J connectivity index is 2.21. The van der Waals surface area contributed by atoms with Crippen LogP contribution in [-0.2, 0) is 6.42 Å². The molecule has 2 N–H and O–H groups in total. The first-order valence-corrected chi connectivity index (χ1v) is 7.47. The van der Waals surface area contributed by atoms with Crippen LogP contribution in [0.1, 0.15) is 16.5 Å². The highest BCUT2D eigenvalue weighted by Gasteiger charge is 2.14. The van der Waals surface area contributed by atoms with Crippen molar-refractivity contribution in [3.63, 3.8) is 0 Å². The molecule has 1 aromatic heterocycles. The Hall–Kier alpha value is -0.230. The third-order valence-electron chi connectivity index (χ3n) is 2.43. The molecule has 1 atom stereocenters. The normalized spacial score (nSPS) is 12.7. The molecule has 2 rings (SSSR count). The van der Waals surface area contributed by atoms with Crippen molar-refractivity contribution in [2.75, 3.05) is 0 Å². The maximum Gasteiger partial charge on any atom is 0.123 e. The molecule has 1 nitrogen and oxygen atoms in total. The van der Waals surface area contributed by atoms with Gasteiger partial charge in [-0.2, -0.15) is 0 Å². The number of thiophene rings is 1. The molecule has 0 spiro atoms. The first-order valence-electron chi connectivity index (χ1n) is 5.00. The van der Waals surface area contributed by atoms with E-state index in [0.29, 0.717) is 6.42 Å². The minimum absolute atomic E-state index is 0.123. The van der Waals surface area contributed by atoms with E-state index < -0.39 is 0 Å². The molecule has 1 heterocycles. The van der Waals surface area contributed by atoms with Crippen molar-refractivity contribution in [2.45, 2.75) is 12.5 Å². The number of benzene rings is 1. The summed E-state index contributed by atoms with van der Waals surface area (Å²) in [6.07, 6.45) is 0.609. The van der Waals surface area contributed by atoms with Crippen molar-refractivity contribution in [3.05, 3.63) is 54.8 Å². The molecule has 0 amide bonds. The van der Waals surface area contributed by atoms with Gasteiger partial charge in [-0.3, -0.25) is 0 Å². The third-order valence-corrected chi connectivity index (χ3v) is 5.21. The SMILES string of the molecule is NC(Cc1cc(F)ccc1Br)c1sccc1Br. The number of hydrogen-bond donors (Lipinski definition) is 1. The van der Waals surface area contributed by atoms with Gasteiger partial charge >= 0.3 is 0 Å². The molecule has 0 aliphatic heterocycles. The lowest BCUT2D eigenvalue weighted by Gasteiger charge is -2.12. The van der Waals surface area contributed by atoms with Crippen molar-refractivity contribution < 1.29 is 4.39 Å². The molecule has 5 heteroatoms. The number of rotatable bonds is 3. The molecule has 0 saturated heterocycles. The maximum atomic E-state index is 13.2. The standard InChI is InChI=1S/C12H10Br2FNS/c13-9-2-1-8(15)5-7(9)6-11(16)12-10(14)3-4-17-12/h1-5,11H,6,16H2. The van der Waals surface area contributed by atoms with Crippen LogP contribution in [0.15, 0.2) is 38.6 Å². The lowest BCUT2D eigenvalue weighted by Crippen LogP contribution is -2.12. The molecule has 17 heavy (non-hydrogen) atoms. The number of halogens is 3. The van der Waals surface area contributed by atoms with E-state index in [0.717, 1.165) is 19.4 Å². The van der Waals surface area contributed by atoms with Crippen molar-refractivity contribution in [1.29, 1.82) is 0 Å². The molecule has 0 saturated carbocycles. The Labute approximate surface area is 120 Å². The molecule has 1 unspecified atom stereocenters.